The number of esters is 2. The number of rotatable bonds is 1. The number of carbonyl (C=O) groups excluding carboxylic acids is 2. The molecule has 18 heavy (non-hydrogen) atoms. The molecule has 1 aliphatic rings. The van der Waals surface area contributed by atoms with Crippen LogP contribution in [-0.2, 0) is 19.4 Å². The van der Waals surface area contributed by atoms with Gasteiger partial charge in [-0.05, 0) is 24.6 Å². The predicted octanol–water partition coefficient (Wildman–Crippen LogP) is 0.474. The summed E-state index contributed by atoms with van der Waals surface area (Å²) in [5.74, 6) is -2.23. The first kappa shape index (κ1) is 12.6. The van der Waals surface area contributed by atoms with Crippen molar-refractivity contribution in [2.24, 2.45) is 0 Å². The molecule has 1 aliphatic heterocycles. The third-order valence-electron chi connectivity index (χ3n) is 2.56. The summed E-state index contributed by atoms with van der Waals surface area (Å²) < 4.78 is 33.0. The SMILES string of the molecule is COC(=O)c1cc2c(cc1C)OC(=O)CS2(=O)=O. The normalized spacial score (nSPS) is 16.7. The maximum absolute atomic E-state index is 11.8. The Kier molecular flexibility index (Phi) is 2.86. The lowest BCUT2D eigenvalue weighted by Gasteiger charge is -2.17. The number of hydrogen-bond acceptors (Lipinski definition) is 6. The van der Waals surface area contributed by atoms with E-state index in [0.717, 1.165) is 0 Å². The van der Waals surface area contributed by atoms with Crippen molar-refractivity contribution >= 4 is 21.8 Å². The van der Waals surface area contributed by atoms with Gasteiger partial charge >= 0.3 is 11.9 Å². The van der Waals surface area contributed by atoms with Crippen LogP contribution in [0.3, 0.4) is 0 Å². The minimum Gasteiger partial charge on any atom is -0.465 e. The molecule has 6 nitrogen and oxygen atoms in total. The Morgan fingerprint density at radius 2 is 2.06 bits per heavy atom. The van der Waals surface area contributed by atoms with Crippen molar-refractivity contribution in [3.05, 3.63) is 23.3 Å². The Morgan fingerprint density at radius 3 is 2.67 bits per heavy atom. The van der Waals surface area contributed by atoms with Crippen LogP contribution in [0, 0.1) is 6.92 Å². The fourth-order valence-corrected chi connectivity index (χ4v) is 2.93. The number of ether oxygens (including phenoxy) is 2. The quantitative estimate of drug-likeness (QED) is 0.544. The maximum Gasteiger partial charge on any atom is 0.338 e. The number of methoxy groups -OCH3 is 1. The molecule has 0 amide bonds. The van der Waals surface area contributed by atoms with Crippen LogP contribution >= 0.6 is 0 Å². The van der Waals surface area contributed by atoms with Crippen LogP contribution in [0.25, 0.3) is 0 Å². The van der Waals surface area contributed by atoms with Crippen molar-refractivity contribution in [3.8, 4) is 5.75 Å². The van der Waals surface area contributed by atoms with E-state index in [1.54, 1.807) is 6.92 Å². The Labute approximate surface area is 103 Å². The van der Waals surface area contributed by atoms with Gasteiger partial charge in [0.05, 0.1) is 12.7 Å². The van der Waals surface area contributed by atoms with Gasteiger partial charge in [-0.3, -0.25) is 4.79 Å². The van der Waals surface area contributed by atoms with Gasteiger partial charge in [0.2, 0.25) is 0 Å². The van der Waals surface area contributed by atoms with Crippen molar-refractivity contribution in [3.63, 3.8) is 0 Å². The lowest BCUT2D eigenvalue weighted by Crippen LogP contribution is -2.27. The predicted molar refractivity (Wildman–Crippen MR) is 60.2 cm³/mol. The highest BCUT2D eigenvalue weighted by Gasteiger charge is 2.32. The average Bonchev–Trinajstić information content (AvgIpc) is 2.25. The molecule has 1 aromatic rings. The van der Waals surface area contributed by atoms with E-state index in [-0.39, 0.29) is 16.2 Å². The number of fused-ring (bicyclic) bond motifs is 1. The highest BCUT2D eigenvalue weighted by Crippen LogP contribution is 2.32. The summed E-state index contributed by atoms with van der Waals surface area (Å²) >= 11 is 0. The number of sulfone groups is 1. The van der Waals surface area contributed by atoms with Gasteiger partial charge in [-0.15, -0.1) is 0 Å². The molecule has 96 valence electrons. The summed E-state index contributed by atoms with van der Waals surface area (Å²) in [6.07, 6.45) is 0. The third-order valence-corrected chi connectivity index (χ3v) is 4.17. The second-order valence-electron chi connectivity index (χ2n) is 3.84. The maximum atomic E-state index is 11.8. The second kappa shape index (κ2) is 4.09. The molecule has 0 fully saturated rings. The molecular weight excluding hydrogens is 260 g/mol. The van der Waals surface area contributed by atoms with Crippen molar-refractivity contribution in [1.82, 2.24) is 0 Å². The van der Waals surface area contributed by atoms with Crippen LogP contribution in [0.5, 0.6) is 5.75 Å². The number of hydrogen-bond donors (Lipinski definition) is 0. The fraction of sp³-hybridized carbons (Fsp3) is 0.273. The van der Waals surface area contributed by atoms with Gasteiger partial charge in [0, 0.05) is 0 Å². The van der Waals surface area contributed by atoms with E-state index in [0.29, 0.717) is 5.56 Å². The zero-order valence-corrected chi connectivity index (χ0v) is 10.5. The van der Waals surface area contributed by atoms with E-state index in [4.69, 9.17) is 4.74 Å². The molecule has 0 aliphatic carbocycles. The van der Waals surface area contributed by atoms with Gasteiger partial charge < -0.3 is 9.47 Å². The summed E-state index contributed by atoms with van der Waals surface area (Å²) in [5, 5.41) is 0. The molecule has 0 unspecified atom stereocenters. The molecule has 1 heterocycles. The van der Waals surface area contributed by atoms with Crippen molar-refractivity contribution in [1.29, 1.82) is 0 Å². The van der Waals surface area contributed by atoms with E-state index >= 15 is 0 Å². The van der Waals surface area contributed by atoms with E-state index in [1.165, 1.54) is 19.2 Å². The Hall–Kier alpha value is -1.89. The van der Waals surface area contributed by atoms with Crippen LogP contribution in [0.15, 0.2) is 17.0 Å². The lowest BCUT2D eigenvalue weighted by atomic mass is 10.1. The van der Waals surface area contributed by atoms with Gasteiger partial charge in [0.15, 0.2) is 15.6 Å². The van der Waals surface area contributed by atoms with Crippen LogP contribution in [0.4, 0.5) is 0 Å². The first-order valence-electron chi connectivity index (χ1n) is 5.01. The Bertz CT molecular complexity index is 644. The monoisotopic (exact) mass is 270 g/mol. The minimum atomic E-state index is -3.75. The van der Waals surface area contributed by atoms with Gasteiger partial charge in [-0.1, -0.05) is 0 Å². The number of carbonyl (C=O) groups is 2. The average molecular weight is 270 g/mol. The van der Waals surface area contributed by atoms with Crippen molar-refractivity contribution in [2.75, 3.05) is 12.9 Å². The molecule has 2 rings (SSSR count). The molecule has 7 heteroatoms. The molecule has 0 aromatic heterocycles. The zero-order valence-electron chi connectivity index (χ0n) is 9.72. The van der Waals surface area contributed by atoms with E-state index < -0.39 is 27.5 Å². The van der Waals surface area contributed by atoms with Crippen LogP contribution in [0.2, 0.25) is 0 Å². The van der Waals surface area contributed by atoms with Gasteiger partial charge in [-0.25, -0.2) is 13.2 Å². The van der Waals surface area contributed by atoms with Gasteiger partial charge in [0.25, 0.3) is 0 Å². The van der Waals surface area contributed by atoms with E-state index in [2.05, 4.69) is 4.74 Å². The Morgan fingerprint density at radius 1 is 1.39 bits per heavy atom. The summed E-state index contributed by atoms with van der Waals surface area (Å²) in [7, 11) is -2.55. The summed E-state index contributed by atoms with van der Waals surface area (Å²) in [4.78, 5) is 22.4. The topological polar surface area (TPSA) is 86.7 Å². The van der Waals surface area contributed by atoms with Crippen molar-refractivity contribution in [2.45, 2.75) is 11.8 Å². The molecule has 0 N–H and O–H groups in total. The molecule has 0 radical (unpaired) electrons. The standard InChI is InChI=1S/C11H10O6S/c1-6-3-8-9(4-7(6)11(13)16-2)18(14,15)5-10(12)17-8/h3-4H,5H2,1-2H3. The van der Waals surface area contributed by atoms with Crippen LogP contribution in [-0.4, -0.2) is 33.2 Å². The largest absolute Gasteiger partial charge is 0.465 e. The molecule has 0 spiro atoms. The van der Waals surface area contributed by atoms with E-state index in [1.807, 2.05) is 0 Å². The fourth-order valence-electron chi connectivity index (χ4n) is 1.70. The minimum absolute atomic E-state index is 0.0450. The van der Waals surface area contributed by atoms with Crippen LogP contribution in [0.1, 0.15) is 15.9 Å². The number of aryl methyl sites for hydroxylation is 1. The molecule has 0 bridgehead atoms. The summed E-state index contributed by atoms with van der Waals surface area (Å²) in [5.41, 5.74) is 0.614. The zero-order chi connectivity index (χ0) is 13.5. The smallest absolute Gasteiger partial charge is 0.338 e. The second-order valence-corrected chi connectivity index (χ2v) is 5.80. The van der Waals surface area contributed by atoms with Gasteiger partial charge in [0.1, 0.15) is 10.6 Å². The molecular formula is C11H10O6S. The van der Waals surface area contributed by atoms with Crippen LogP contribution < -0.4 is 4.74 Å². The highest BCUT2D eigenvalue weighted by molar-refractivity contribution is 7.92. The summed E-state index contributed by atoms with van der Waals surface area (Å²) in [6, 6.07) is 2.52. The van der Waals surface area contributed by atoms with E-state index in [9.17, 15) is 18.0 Å². The first-order chi connectivity index (χ1) is 8.35. The summed E-state index contributed by atoms with van der Waals surface area (Å²) in [6.45, 7) is 1.60. The highest BCUT2D eigenvalue weighted by atomic mass is 32.2. The first-order valence-corrected chi connectivity index (χ1v) is 6.67. The molecule has 0 saturated carbocycles. The van der Waals surface area contributed by atoms with Crippen molar-refractivity contribution < 1.29 is 27.5 Å². The molecule has 0 saturated heterocycles. The lowest BCUT2D eigenvalue weighted by molar-refractivity contribution is -0.132. The number of benzene rings is 1. The molecule has 1 aromatic carbocycles. The Balaban J connectivity index is 2.68. The van der Waals surface area contributed by atoms with Gasteiger partial charge in [-0.2, -0.15) is 0 Å². The third kappa shape index (κ3) is 1.97. The molecule has 0 atom stereocenters.